The van der Waals surface area contributed by atoms with E-state index in [-0.39, 0.29) is 12.4 Å². The summed E-state index contributed by atoms with van der Waals surface area (Å²) in [6.07, 6.45) is 1.57. The fraction of sp³-hybridized carbons (Fsp3) is 0.0588. The molecule has 0 aliphatic rings. The molecule has 0 saturated carbocycles. The van der Waals surface area contributed by atoms with E-state index in [0.717, 1.165) is 5.56 Å². The molecule has 3 rings (SSSR count). The van der Waals surface area contributed by atoms with Gasteiger partial charge in [0.1, 0.15) is 11.6 Å². The van der Waals surface area contributed by atoms with Crippen LogP contribution in [0.1, 0.15) is 11.5 Å². The summed E-state index contributed by atoms with van der Waals surface area (Å²) in [7, 11) is 0. The molecule has 0 bridgehead atoms. The van der Waals surface area contributed by atoms with Crippen molar-refractivity contribution in [3.05, 3.63) is 72.0 Å². The van der Waals surface area contributed by atoms with E-state index < -0.39 is 0 Å². The Labute approximate surface area is 126 Å². The van der Waals surface area contributed by atoms with E-state index in [1.54, 1.807) is 42.6 Å². The fourth-order valence-electron chi connectivity index (χ4n) is 1.93. The smallest absolute Gasteiger partial charge is 0.232 e. The standard InChI is InChI=1S/C17H11FN2O2/c18-14-6-4-13(5-7-14)16-10-20-17(22-16)11-21-15-3-1-2-12(8-15)9-19/h1-8,10H,11H2. The lowest BCUT2D eigenvalue weighted by molar-refractivity contribution is 0.264. The van der Waals surface area contributed by atoms with Gasteiger partial charge in [-0.25, -0.2) is 9.37 Å². The largest absolute Gasteiger partial charge is 0.484 e. The van der Waals surface area contributed by atoms with Crippen LogP contribution in [0.5, 0.6) is 5.75 Å². The maximum absolute atomic E-state index is 12.9. The molecule has 0 fully saturated rings. The number of benzene rings is 2. The van der Waals surface area contributed by atoms with Gasteiger partial charge in [-0.15, -0.1) is 0 Å². The van der Waals surface area contributed by atoms with Gasteiger partial charge in [0.2, 0.25) is 5.89 Å². The number of hydrogen-bond acceptors (Lipinski definition) is 4. The van der Waals surface area contributed by atoms with Gasteiger partial charge in [-0.05, 0) is 42.5 Å². The van der Waals surface area contributed by atoms with Crippen LogP contribution in [0.2, 0.25) is 0 Å². The van der Waals surface area contributed by atoms with Crippen molar-refractivity contribution in [3.8, 4) is 23.1 Å². The average molecular weight is 294 g/mol. The van der Waals surface area contributed by atoms with Gasteiger partial charge in [-0.2, -0.15) is 5.26 Å². The number of nitriles is 1. The van der Waals surface area contributed by atoms with Gasteiger partial charge in [0, 0.05) is 5.56 Å². The van der Waals surface area contributed by atoms with Crippen molar-refractivity contribution in [3.63, 3.8) is 0 Å². The molecule has 1 aromatic heterocycles. The second-order valence-electron chi connectivity index (χ2n) is 4.55. The summed E-state index contributed by atoms with van der Waals surface area (Å²) in [5, 5.41) is 8.83. The minimum absolute atomic E-state index is 0.149. The van der Waals surface area contributed by atoms with Crippen molar-refractivity contribution in [1.29, 1.82) is 5.26 Å². The van der Waals surface area contributed by atoms with Crippen molar-refractivity contribution in [1.82, 2.24) is 4.98 Å². The summed E-state index contributed by atoms with van der Waals surface area (Å²) in [4.78, 5) is 4.12. The summed E-state index contributed by atoms with van der Waals surface area (Å²) < 4.78 is 24.0. The molecule has 22 heavy (non-hydrogen) atoms. The van der Waals surface area contributed by atoms with Crippen molar-refractivity contribution < 1.29 is 13.5 Å². The summed E-state index contributed by atoms with van der Waals surface area (Å²) in [6, 6.07) is 14.9. The van der Waals surface area contributed by atoms with Gasteiger partial charge in [0.15, 0.2) is 12.4 Å². The molecule has 0 N–H and O–H groups in total. The average Bonchev–Trinajstić information content (AvgIpc) is 3.03. The van der Waals surface area contributed by atoms with Crippen LogP contribution >= 0.6 is 0 Å². The molecule has 0 aliphatic heterocycles. The predicted molar refractivity (Wildman–Crippen MR) is 77.4 cm³/mol. The van der Waals surface area contributed by atoms with Crippen LogP contribution in [0.3, 0.4) is 0 Å². The van der Waals surface area contributed by atoms with Crippen LogP contribution in [-0.2, 0) is 6.61 Å². The molecular formula is C17H11FN2O2. The van der Waals surface area contributed by atoms with Crippen LogP contribution in [0.4, 0.5) is 4.39 Å². The van der Waals surface area contributed by atoms with E-state index >= 15 is 0 Å². The number of rotatable bonds is 4. The van der Waals surface area contributed by atoms with Crippen molar-refractivity contribution >= 4 is 0 Å². The maximum Gasteiger partial charge on any atom is 0.232 e. The molecule has 0 saturated heterocycles. The highest BCUT2D eigenvalue weighted by molar-refractivity contribution is 5.55. The second kappa shape index (κ2) is 6.10. The molecule has 2 aromatic carbocycles. The van der Waals surface area contributed by atoms with Gasteiger partial charge in [0.05, 0.1) is 17.8 Å². The van der Waals surface area contributed by atoms with Crippen LogP contribution < -0.4 is 4.74 Å². The molecule has 0 atom stereocenters. The van der Waals surface area contributed by atoms with E-state index in [2.05, 4.69) is 4.98 Å². The van der Waals surface area contributed by atoms with Crippen LogP contribution in [-0.4, -0.2) is 4.98 Å². The van der Waals surface area contributed by atoms with E-state index in [9.17, 15) is 4.39 Å². The van der Waals surface area contributed by atoms with Gasteiger partial charge in [0.25, 0.3) is 0 Å². The third kappa shape index (κ3) is 3.13. The third-order valence-corrected chi connectivity index (χ3v) is 3.01. The summed E-state index contributed by atoms with van der Waals surface area (Å²) in [5.74, 6) is 1.22. The van der Waals surface area contributed by atoms with Gasteiger partial charge >= 0.3 is 0 Å². The van der Waals surface area contributed by atoms with E-state index in [0.29, 0.717) is 23.0 Å². The fourth-order valence-corrected chi connectivity index (χ4v) is 1.93. The van der Waals surface area contributed by atoms with Crippen LogP contribution in [0.25, 0.3) is 11.3 Å². The van der Waals surface area contributed by atoms with Crippen molar-refractivity contribution in [2.45, 2.75) is 6.61 Å². The Hall–Kier alpha value is -3.13. The Morgan fingerprint density at radius 2 is 2.00 bits per heavy atom. The zero-order chi connectivity index (χ0) is 15.4. The molecule has 1 heterocycles. The molecule has 0 radical (unpaired) electrons. The zero-order valence-corrected chi connectivity index (χ0v) is 11.5. The highest BCUT2D eigenvalue weighted by atomic mass is 19.1. The van der Waals surface area contributed by atoms with E-state index in [4.69, 9.17) is 14.4 Å². The SMILES string of the molecule is N#Cc1cccc(OCc2ncc(-c3ccc(F)cc3)o2)c1. The van der Waals surface area contributed by atoms with Crippen molar-refractivity contribution in [2.75, 3.05) is 0 Å². The molecule has 0 aliphatic carbocycles. The third-order valence-electron chi connectivity index (χ3n) is 3.01. The molecule has 3 aromatic rings. The molecule has 0 spiro atoms. The summed E-state index contributed by atoms with van der Waals surface area (Å²) in [5.41, 5.74) is 1.27. The summed E-state index contributed by atoms with van der Waals surface area (Å²) in [6.45, 7) is 0.149. The Bertz CT molecular complexity index is 819. The normalized spacial score (nSPS) is 10.2. The van der Waals surface area contributed by atoms with Gasteiger partial charge in [-0.3, -0.25) is 0 Å². The molecule has 0 unspecified atom stereocenters. The summed E-state index contributed by atoms with van der Waals surface area (Å²) >= 11 is 0. The monoisotopic (exact) mass is 294 g/mol. The van der Waals surface area contributed by atoms with Crippen LogP contribution in [0, 0.1) is 17.1 Å². The number of halogens is 1. The first-order chi connectivity index (χ1) is 10.7. The number of aromatic nitrogens is 1. The second-order valence-corrected chi connectivity index (χ2v) is 4.55. The lowest BCUT2D eigenvalue weighted by Crippen LogP contribution is -1.95. The van der Waals surface area contributed by atoms with Gasteiger partial charge in [-0.1, -0.05) is 6.07 Å². The zero-order valence-electron chi connectivity index (χ0n) is 11.5. The lowest BCUT2D eigenvalue weighted by atomic mass is 10.2. The molecule has 108 valence electrons. The maximum atomic E-state index is 12.9. The number of oxazole rings is 1. The van der Waals surface area contributed by atoms with E-state index in [1.807, 2.05) is 6.07 Å². The van der Waals surface area contributed by atoms with Gasteiger partial charge < -0.3 is 9.15 Å². The highest BCUT2D eigenvalue weighted by Crippen LogP contribution is 2.21. The Kier molecular flexibility index (Phi) is 3.84. The Balaban J connectivity index is 1.69. The quantitative estimate of drug-likeness (QED) is 0.731. The molecule has 5 heteroatoms. The first-order valence-corrected chi connectivity index (χ1v) is 6.58. The van der Waals surface area contributed by atoms with Crippen molar-refractivity contribution in [2.24, 2.45) is 0 Å². The number of ether oxygens (including phenoxy) is 1. The Morgan fingerprint density at radius 3 is 2.77 bits per heavy atom. The number of nitrogens with zero attached hydrogens (tertiary/aromatic N) is 2. The molecule has 4 nitrogen and oxygen atoms in total. The topological polar surface area (TPSA) is 59.0 Å². The van der Waals surface area contributed by atoms with Crippen LogP contribution in [0.15, 0.2) is 59.1 Å². The first kappa shape index (κ1) is 13.8. The lowest BCUT2D eigenvalue weighted by Gasteiger charge is -2.03. The number of hydrogen-bond donors (Lipinski definition) is 0. The molecular weight excluding hydrogens is 283 g/mol. The minimum Gasteiger partial charge on any atom is -0.484 e. The Morgan fingerprint density at radius 1 is 1.18 bits per heavy atom. The predicted octanol–water partition coefficient (Wildman–Crippen LogP) is 3.93. The highest BCUT2D eigenvalue weighted by Gasteiger charge is 2.07. The van der Waals surface area contributed by atoms with E-state index in [1.165, 1.54) is 12.1 Å². The molecule has 0 amide bonds. The minimum atomic E-state index is -0.302. The first-order valence-electron chi connectivity index (χ1n) is 6.58.